The summed E-state index contributed by atoms with van der Waals surface area (Å²) in [5.41, 5.74) is 4.72. The van der Waals surface area contributed by atoms with E-state index in [2.05, 4.69) is 5.32 Å². The minimum Gasteiger partial charge on any atom is -0.457 e. The average molecular weight is 487 g/mol. The first kappa shape index (κ1) is 25.0. The Morgan fingerprint density at radius 2 is 1.69 bits per heavy atom. The van der Waals surface area contributed by atoms with E-state index >= 15 is 0 Å². The Morgan fingerprint density at radius 1 is 0.972 bits per heavy atom. The molecule has 0 radical (unpaired) electrons. The molecule has 1 aliphatic rings. The minimum absolute atomic E-state index is 0.0417. The van der Waals surface area contributed by atoms with Gasteiger partial charge in [0.1, 0.15) is 11.5 Å². The molecular formula is C29H30N2O5. The molecule has 1 fully saturated rings. The van der Waals surface area contributed by atoms with E-state index in [1.165, 1.54) is 5.56 Å². The van der Waals surface area contributed by atoms with E-state index in [4.69, 9.17) is 9.47 Å². The van der Waals surface area contributed by atoms with Crippen molar-refractivity contribution in [3.05, 3.63) is 83.4 Å². The van der Waals surface area contributed by atoms with Crippen molar-refractivity contribution in [3.8, 4) is 11.5 Å². The number of para-hydroxylation sites is 1. The highest BCUT2D eigenvalue weighted by Crippen LogP contribution is 2.29. The van der Waals surface area contributed by atoms with Crippen LogP contribution in [0.5, 0.6) is 11.5 Å². The van der Waals surface area contributed by atoms with Crippen molar-refractivity contribution < 1.29 is 23.9 Å². The summed E-state index contributed by atoms with van der Waals surface area (Å²) in [5, 5.41) is 2.77. The van der Waals surface area contributed by atoms with Crippen LogP contribution in [-0.4, -0.2) is 30.9 Å². The molecule has 0 unspecified atom stereocenters. The molecule has 36 heavy (non-hydrogen) atoms. The molecule has 4 rings (SSSR count). The predicted molar refractivity (Wildman–Crippen MR) is 138 cm³/mol. The van der Waals surface area contributed by atoms with Crippen LogP contribution in [0, 0.1) is 19.8 Å². The summed E-state index contributed by atoms with van der Waals surface area (Å²) < 4.78 is 11.1. The van der Waals surface area contributed by atoms with Gasteiger partial charge in [0.25, 0.3) is 5.91 Å². The van der Waals surface area contributed by atoms with Crippen LogP contribution >= 0.6 is 0 Å². The van der Waals surface area contributed by atoms with Crippen molar-refractivity contribution in [1.29, 1.82) is 0 Å². The van der Waals surface area contributed by atoms with Gasteiger partial charge in [0.05, 0.1) is 5.92 Å². The third kappa shape index (κ3) is 5.92. The maximum absolute atomic E-state index is 12.6. The first-order valence-electron chi connectivity index (χ1n) is 12.0. The maximum atomic E-state index is 12.6. The van der Waals surface area contributed by atoms with E-state index < -0.39 is 24.4 Å². The van der Waals surface area contributed by atoms with Crippen molar-refractivity contribution in [2.75, 3.05) is 23.4 Å². The lowest BCUT2D eigenvalue weighted by atomic mass is 10.1. The number of carbonyl (C=O) groups is 3. The van der Waals surface area contributed by atoms with E-state index in [9.17, 15) is 14.4 Å². The number of esters is 1. The fraction of sp³-hybridized carbons (Fsp3) is 0.276. The zero-order valence-corrected chi connectivity index (χ0v) is 20.7. The first-order chi connectivity index (χ1) is 17.3. The SMILES string of the molecule is CCc1ccccc1NC(=O)COC(=O)[C@H]1CC(=O)N(c2ccc(Oc3ccc(C)c(C)c3)cc2)C1. The second-order valence-corrected chi connectivity index (χ2v) is 8.91. The summed E-state index contributed by atoms with van der Waals surface area (Å²) in [4.78, 5) is 39.0. The Labute approximate surface area is 211 Å². The van der Waals surface area contributed by atoms with Gasteiger partial charge in [0.15, 0.2) is 6.61 Å². The number of nitrogens with zero attached hydrogens (tertiary/aromatic N) is 1. The van der Waals surface area contributed by atoms with E-state index in [0.29, 0.717) is 17.1 Å². The quantitative estimate of drug-likeness (QED) is 0.443. The molecule has 0 aromatic heterocycles. The molecule has 3 aromatic carbocycles. The number of benzene rings is 3. The molecule has 0 spiro atoms. The Balaban J connectivity index is 1.30. The van der Waals surface area contributed by atoms with Gasteiger partial charge in [-0.15, -0.1) is 0 Å². The molecule has 1 saturated heterocycles. The van der Waals surface area contributed by atoms with Crippen LogP contribution in [0.15, 0.2) is 66.7 Å². The van der Waals surface area contributed by atoms with E-state index in [1.54, 1.807) is 29.2 Å². The Bertz CT molecular complexity index is 1270. The number of nitrogens with one attached hydrogen (secondary N) is 1. The molecule has 1 atom stereocenters. The van der Waals surface area contributed by atoms with Crippen molar-refractivity contribution in [3.63, 3.8) is 0 Å². The highest BCUT2D eigenvalue weighted by Gasteiger charge is 2.36. The maximum Gasteiger partial charge on any atom is 0.311 e. The van der Waals surface area contributed by atoms with Crippen molar-refractivity contribution in [1.82, 2.24) is 0 Å². The summed E-state index contributed by atoms with van der Waals surface area (Å²) in [7, 11) is 0. The van der Waals surface area contributed by atoms with Crippen LogP contribution in [-0.2, 0) is 25.5 Å². The van der Waals surface area contributed by atoms with Gasteiger partial charge in [-0.05, 0) is 79.4 Å². The highest BCUT2D eigenvalue weighted by molar-refractivity contribution is 6.00. The fourth-order valence-corrected chi connectivity index (χ4v) is 4.11. The summed E-state index contributed by atoms with van der Waals surface area (Å²) in [6, 6.07) is 20.6. The lowest BCUT2D eigenvalue weighted by Crippen LogP contribution is -2.28. The molecule has 7 nitrogen and oxygen atoms in total. The van der Waals surface area contributed by atoms with Crippen LogP contribution in [0.4, 0.5) is 11.4 Å². The van der Waals surface area contributed by atoms with Gasteiger partial charge in [-0.3, -0.25) is 14.4 Å². The molecule has 0 saturated carbocycles. The average Bonchev–Trinajstić information content (AvgIpc) is 3.27. The van der Waals surface area contributed by atoms with E-state index in [-0.39, 0.29) is 18.9 Å². The standard InChI is InChI=1S/C29H30N2O5/c1-4-21-7-5-6-8-26(21)30-27(32)18-35-29(34)22-16-28(33)31(17-22)23-10-13-24(14-11-23)36-25-12-9-19(2)20(3)15-25/h5-15,22H,4,16-18H2,1-3H3,(H,30,32)/t22-/m0/s1. The fourth-order valence-electron chi connectivity index (χ4n) is 4.11. The van der Waals surface area contributed by atoms with Crippen molar-refractivity contribution in [2.45, 2.75) is 33.6 Å². The monoisotopic (exact) mass is 486 g/mol. The van der Waals surface area contributed by atoms with E-state index in [1.807, 2.05) is 63.2 Å². The Kier molecular flexibility index (Phi) is 7.68. The van der Waals surface area contributed by atoms with Crippen LogP contribution in [0.3, 0.4) is 0 Å². The van der Waals surface area contributed by atoms with Gasteiger partial charge < -0.3 is 19.7 Å². The van der Waals surface area contributed by atoms with Crippen molar-refractivity contribution >= 4 is 29.2 Å². The van der Waals surface area contributed by atoms with Gasteiger partial charge in [-0.25, -0.2) is 0 Å². The van der Waals surface area contributed by atoms with Gasteiger partial charge in [0, 0.05) is 24.3 Å². The normalized spacial score (nSPS) is 15.0. The molecule has 186 valence electrons. The summed E-state index contributed by atoms with van der Waals surface area (Å²) in [6.45, 7) is 5.88. The number of amides is 2. The molecule has 0 aliphatic carbocycles. The molecule has 3 aromatic rings. The third-order valence-electron chi connectivity index (χ3n) is 6.34. The number of hydrogen-bond acceptors (Lipinski definition) is 5. The molecule has 1 heterocycles. The molecule has 2 amide bonds. The highest BCUT2D eigenvalue weighted by atomic mass is 16.5. The van der Waals surface area contributed by atoms with Gasteiger partial charge in [-0.2, -0.15) is 0 Å². The molecule has 7 heteroatoms. The van der Waals surface area contributed by atoms with Gasteiger partial charge >= 0.3 is 5.97 Å². The summed E-state index contributed by atoms with van der Waals surface area (Å²) in [5.74, 6) is -0.363. The van der Waals surface area contributed by atoms with Crippen molar-refractivity contribution in [2.24, 2.45) is 5.92 Å². The Hall–Kier alpha value is -4.13. The molecular weight excluding hydrogens is 456 g/mol. The molecule has 0 bridgehead atoms. The number of hydrogen-bond donors (Lipinski definition) is 1. The minimum atomic E-state index is -0.625. The number of ether oxygens (including phenoxy) is 2. The predicted octanol–water partition coefficient (Wildman–Crippen LogP) is 5.19. The lowest BCUT2D eigenvalue weighted by Gasteiger charge is -2.17. The third-order valence-corrected chi connectivity index (χ3v) is 6.34. The lowest BCUT2D eigenvalue weighted by molar-refractivity contribution is -0.151. The van der Waals surface area contributed by atoms with Crippen LogP contribution < -0.4 is 15.0 Å². The van der Waals surface area contributed by atoms with Crippen LogP contribution in [0.25, 0.3) is 0 Å². The number of carbonyl (C=O) groups excluding carboxylic acids is 3. The van der Waals surface area contributed by atoms with Gasteiger partial charge in [0.2, 0.25) is 5.91 Å². The smallest absolute Gasteiger partial charge is 0.311 e. The second-order valence-electron chi connectivity index (χ2n) is 8.91. The topological polar surface area (TPSA) is 84.9 Å². The van der Waals surface area contributed by atoms with Crippen LogP contribution in [0.1, 0.15) is 30.0 Å². The zero-order valence-electron chi connectivity index (χ0n) is 20.7. The molecule has 1 aliphatic heterocycles. The van der Waals surface area contributed by atoms with Crippen LogP contribution in [0.2, 0.25) is 0 Å². The summed E-state index contributed by atoms with van der Waals surface area (Å²) >= 11 is 0. The first-order valence-corrected chi connectivity index (χ1v) is 12.0. The number of rotatable bonds is 8. The second kappa shape index (κ2) is 11.1. The zero-order chi connectivity index (χ0) is 25.7. The largest absolute Gasteiger partial charge is 0.457 e. The summed E-state index contributed by atoms with van der Waals surface area (Å²) in [6.07, 6.45) is 0.814. The van der Waals surface area contributed by atoms with E-state index in [0.717, 1.165) is 23.3 Å². The Morgan fingerprint density at radius 3 is 2.42 bits per heavy atom. The number of anilines is 2. The number of aryl methyl sites for hydroxylation is 3. The molecule has 1 N–H and O–H groups in total. The van der Waals surface area contributed by atoms with Gasteiger partial charge in [-0.1, -0.05) is 31.2 Å².